The number of hydrogen-bond donors (Lipinski definition) is 1. The van der Waals surface area contributed by atoms with E-state index in [0.717, 1.165) is 60.1 Å². The van der Waals surface area contributed by atoms with E-state index in [1.807, 2.05) is 60.7 Å². The second-order valence-electron chi connectivity index (χ2n) is 7.29. The topological polar surface area (TPSA) is 79.2 Å². The normalized spacial score (nSPS) is 14.9. The van der Waals surface area contributed by atoms with Gasteiger partial charge < -0.3 is 15.1 Å². The summed E-state index contributed by atoms with van der Waals surface area (Å²) in [5.41, 5.74) is 2.71. The average molecular weight is 393 g/mol. The first kappa shape index (κ1) is 19.2. The summed E-state index contributed by atoms with van der Waals surface area (Å²) in [6.45, 7) is 9.50. The predicted molar refractivity (Wildman–Crippen MR) is 114 cm³/mol. The zero-order chi connectivity index (χ0) is 20.4. The van der Waals surface area contributed by atoms with Gasteiger partial charge in [-0.3, -0.25) is 0 Å². The number of nitrogens with one attached hydrogen (secondary N) is 1. The summed E-state index contributed by atoms with van der Waals surface area (Å²) in [7, 11) is 0. The molecule has 8 heteroatoms. The van der Waals surface area contributed by atoms with Crippen molar-refractivity contribution in [3.63, 3.8) is 0 Å². The number of hydrogen-bond acceptors (Lipinski definition) is 5. The molecule has 2 aromatic heterocycles. The van der Waals surface area contributed by atoms with Gasteiger partial charge in [0.25, 0.3) is 0 Å². The van der Waals surface area contributed by atoms with Crippen LogP contribution in [0.1, 0.15) is 24.9 Å². The SMILES string of the molecule is CCNC(=O)N1CCCN(c2nc(C)nc3c2c(C)nn3-c2ccccc2)CC1. The minimum atomic E-state index is 0.00597. The highest BCUT2D eigenvalue weighted by molar-refractivity contribution is 5.91. The van der Waals surface area contributed by atoms with Crippen LogP contribution in [-0.2, 0) is 0 Å². The van der Waals surface area contributed by atoms with E-state index in [1.165, 1.54) is 0 Å². The van der Waals surface area contributed by atoms with E-state index in [0.29, 0.717) is 13.1 Å². The minimum absolute atomic E-state index is 0.00597. The summed E-state index contributed by atoms with van der Waals surface area (Å²) >= 11 is 0. The smallest absolute Gasteiger partial charge is 0.317 e. The van der Waals surface area contributed by atoms with Crippen molar-refractivity contribution in [3.05, 3.63) is 41.9 Å². The van der Waals surface area contributed by atoms with E-state index in [2.05, 4.69) is 10.2 Å². The highest BCUT2D eigenvalue weighted by Gasteiger charge is 2.24. The lowest BCUT2D eigenvalue weighted by Crippen LogP contribution is -2.42. The zero-order valence-electron chi connectivity index (χ0n) is 17.2. The molecule has 2 amide bonds. The molecule has 1 N–H and O–H groups in total. The summed E-state index contributed by atoms with van der Waals surface area (Å²) < 4.78 is 1.89. The Balaban J connectivity index is 1.71. The molecule has 0 radical (unpaired) electrons. The fraction of sp³-hybridized carbons (Fsp3) is 0.429. The number of nitrogens with zero attached hydrogens (tertiary/aromatic N) is 6. The quantitative estimate of drug-likeness (QED) is 0.740. The third-order valence-corrected chi connectivity index (χ3v) is 5.21. The van der Waals surface area contributed by atoms with Gasteiger partial charge in [-0.2, -0.15) is 5.10 Å². The van der Waals surface area contributed by atoms with E-state index < -0.39 is 0 Å². The van der Waals surface area contributed by atoms with Crippen molar-refractivity contribution >= 4 is 22.9 Å². The van der Waals surface area contributed by atoms with E-state index in [-0.39, 0.29) is 6.03 Å². The zero-order valence-corrected chi connectivity index (χ0v) is 17.2. The van der Waals surface area contributed by atoms with Gasteiger partial charge in [-0.1, -0.05) is 18.2 Å². The van der Waals surface area contributed by atoms with E-state index in [1.54, 1.807) is 0 Å². The highest BCUT2D eigenvalue weighted by Crippen LogP contribution is 2.29. The molecule has 0 spiro atoms. The van der Waals surface area contributed by atoms with Crippen molar-refractivity contribution in [3.8, 4) is 5.69 Å². The molecule has 4 rings (SSSR count). The van der Waals surface area contributed by atoms with Crippen molar-refractivity contribution in [2.45, 2.75) is 27.2 Å². The van der Waals surface area contributed by atoms with Crippen molar-refractivity contribution < 1.29 is 4.79 Å². The van der Waals surface area contributed by atoms with Gasteiger partial charge in [0.1, 0.15) is 11.6 Å². The third-order valence-electron chi connectivity index (χ3n) is 5.21. The molecule has 1 saturated heterocycles. The summed E-state index contributed by atoms with van der Waals surface area (Å²) in [4.78, 5) is 25.9. The molecule has 0 aliphatic carbocycles. The Hall–Kier alpha value is -3.16. The second-order valence-corrected chi connectivity index (χ2v) is 7.29. The van der Waals surface area contributed by atoms with Gasteiger partial charge in [-0.15, -0.1) is 0 Å². The molecule has 8 nitrogen and oxygen atoms in total. The van der Waals surface area contributed by atoms with Gasteiger partial charge in [0.15, 0.2) is 5.65 Å². The molecule has 1 fully saturated rings. The van der Waals surface area contributed by atoms with Crippen molar-refractivity contribution in [2.75, 3.05) is 37.6 Å². The van der Waals surface area contributed by atoms with Crippen LogP contribution in [0, 0.1) is 13.8 Å². The number of urea groups is 1. The van der Waals surface area contributed by atoms with Crippen LogP contribution >= 0.6 is 0 Å². The van der Waals surface area contributed by atoms with Crippen LogP contribution in [0.2, 0.25) is 0 Å². The van der Waals surface area contributed by atoms with Gasteiger partial charge in [-0.25, -0.2) is 19.4 Å². The van der Waals surface area contributed by atoms with Crippen molar-refractivity contribution in [1.82, 2.24) is 30.0 Å². The molecular weight excluding hydrogens is 366 g/mol. The van der Waals surface area contributed by atoms with Crippen LogP contribution in [-0.4, -0.2) is 63.4 Å². The molecule has 152 valence electrons. The number of aryl methyl sites for hydroxylation is 2. The Morgan fingerprint density at radius 1 is 1.07 bits per heavy atom. The standard InChI is InChI=1S/C21H27N7O/c1-4-22-21(29)27-12-8-11-26(13-14-27)19-18-15(2)25-28(17-9-6-5-7-10-17)20(18)24-16(3)23-19/h5-7,9-10H,4,8,11-14H2,1-3H3,(H,22,29). The number of carbonyl (C=O) groups is 1. The number of rotatable bonds is 3. The van der Waals surface area contributed by atoms with Crippen LogP contribution in [0.15, 0.2) is 30.3 Å². The first-order valence-corrected chi connectivity index (χ1v) is 10.2. The molecule has 0 bridgehead atoms. The monoisotopic (exact) mass is 393 g/mol. The number of fused-ring (bicyclic) bond motifs is 1. The fourth-order valence-corrected chi connectivity index (χ4v) is 3.84. The Labute approximate surface area is 170 Å². The average Bonchev–Trinajstić information content (AvgIpc) is 2.90. The molecule has 1 aliphatic heterocycles. The molecule has 0 unspecified atom stereocenters. The highest BCUT2D eigenvalue weighted by atomic mass is 16.2. The summed E-state index contributed by atoms with van der Waals surface area (Å²) in [5, 5.41) is 8.63. The Bertz CT molecular complexity index is 1010. The first-order valence-electron chi connectivity index (χ1n) is 10.2. The molecule has 29 heavy (non-hydrogen) atoms. The molecule has 1 aliphatic rings. The maximum Gasteiger partial charge on any atom is 0.317 e. The number of benzene rings is 1. The predicted octanol–water partition coefficient (Wildman–Crippen LogP) is 2.67. The number of aromatic nitrogens is 4. The van der Waals surface area contributed by atoms with Crippen LogP contribution < -0.4 is 10.2 Å². The number of para-hydroxylation sites is 1. The summed E-state index contributed by atoms with van der Waals surface area (Å²) in [6, 6.07) is 10.0. The number of carbonyl (C=O) groups excluding carboxylic acids is 1. The van der Waals surface area contributed by atoms with Gasteiger partial charge in [-0.05, 0) is 39.3 Å². The lowest BCUT2D eigenvalue weighted by Gasteiger charge is -2.23. The molecule has 0 saturated carbocycles. The maximum atomic E-state index is 12.2. The van der Waals surface area contributed by atoms with Crippen LogP contribution in [0.5, 0.6) is 0 Å². The van der Waals surface area contributed by atoms with Crippen LogP contribution in [0.3, 0.4) is 0 Å². The molecular formula is C21H27N7O. The fourth-order valence-electron chi connectivity index (χ4n) is 3.84. The molecule has 3 heterocycles. The van der Waals surface area contributed by atoms with Crippen molar-refractivity contribution in [2.24, 2.45) is 0 Å². The van der Waals surface area contributed by atoms with Gasteiger partial charge in [0, 0.05) is 32.7 Å². The molecule has 3 aromatic rings. The summed E-state index contributed by atoms with van der Waals surface area (Å²) in [6.07, 6.45) is 0.896. The Morgan fingerprint density at radius 3 is 2.62 bits per heavy atom. The maximum absolute atomic E-state index is 12.2. The van der Waals surface area contributed by atoms with Crippen LogP contribution in [0.25, 0.3) is 16.7 Å². The lowest BCUT2D eigenvalue weighted by atomic mass is 10.2. The first-order chi connectivity index (χ1) is 14.1. The van der Waals surface area contributed by atoms with Crippen LogP contribution in [0.4, 0.5) is 10.6 Å². The van der Waals surface area contributed by atoms with Gasteiger partial charge in [0.05, 0.1) is 16.8 Å². The molecule has 0 atom stereocenters. The van der Waals surface area contributed by atoms with E-state index >= 15 is 0 Å². The minimum Gasteiger partial charge on any atom is -0.354 e. The largest absolute Gasteiger partial charge is 0.354 e. The second kappa shape index (κ2) is 8.06. The van der Waals surface area contributed by atoms with E-state index in [4.69, 9.17) is 15.1 Å². The summed E-state index contributed by atoms with van der Waals surface area (Å²) in [5.74, 6) is 1.62. The van der Waals surface area contributed by atoms with Crippen molar-refractivity contribution in [1.29, 1.82) is 0 Å². The lowest BCUT2D eigenvalue weighted by molar-refractivity contribution is 0.202. The van der Waals surface area contributed by atoms with Gasteiger partial charge >= 0.3 is 6.03 Å². The Kier molecular flexibility index (Phi) is 5.33. The van der Waals surface area contributed by atoms with Gasteiger partial charge in [0.2, 0.25) is 0 Å². The number of amides is 2. The number of anilines is 1. The Morgan fingerprint density at radius 2 is 1.86 bits per heavy atom. The van der Waals surface area contributed by atoms with E-state index in [9.17, 15) is 4.79 Å². The third kappa shape index (κ3) is 3.74. The molecule has 1 aromatic carbocycles.